The van der Waals surface area contributed by atoms with E-state index in [-0.39, 0.29) is 41.2 Å². The second-order valence-electron chi connectivity index (χ2n) is 10.2. The Kier molecular flexibility index (Phi) is 7.45. The predicted octanol–water partition coefficient (Wildman–Crippen LogP) is 2.94. The summed E-state index contributed by atoms with van der Waals surface area (Å²) in [6, 6.07) is 0. The fraction of sp³-hybridized carbons (Fsp3) is 0.875. The summed E-state index contributed by atoms with van der Waals surface area (Å²) in [6.07, 6.45) is 8.50. The second kappa shape index (κ2) is 9.22. The van der Waals surface area contributed by atoms with Crippen LogP contribution in [-0.4, -0.2) is 63.1 Å². The first-order valence-corrected chi connectivity index (χ1v) is 12.7. The van der Waals surface area contributed by atoms with Crippen LogP contribution in [0.15, 0.2) is 11.6 Å². The van der Waals surface area contributed by atoms with Crippen molar-refractivity contribution in [1.82, 2.24) is 0 Å². The minimum absolute atomic E-state index is 0.00434. The molecule has 5 nitrogen and oxygen atoms in total. The van der Waals surface area contributed by atoms with E-state index in [0.29, 0.717) is 12.3 Å². The number of thioether (sulfide) groups is 1. The Hall–Kier alpha value is -0.400. The summed E-state index contributed by atoms with van der Waals surface area (Å²) in [6.45, 7) is 4.66. The Morgan fingerprint density at radius 3 is 2.50 bits per heavy atom. The smallest absolute Gasteiger partial charge is 0.159 e. The van der Waals surface area contributed by atoms with E-state index in [2.05, 4.69) is 13.8 Å². The van der Waals surface area contributed by atoms with Crippen molar-refractivity contribution >= 4 is 17.5 Å². The van der Waals surface area contributed by atoms with Gasteiger partial charge in [0.1, 0.15) is 0 Å². The number of hydrogen-bond donors (Lipinski definition) is 4. The molecule has 0 heterocycles. The number of carbonyl (C=O) groups excluding carboxylic acids is 1. The highest BCUT2D eigenvalue weighted by Gasteiger charge is 2.65. The topological polar surface area (TPSA) is 98.0 Å². The fourth-order valence-electron chi connectivity index (χ4n) is 7.40. The molecule has 7 atom stereocenters. The fourth-order valence-corrected chi connectivity index (χ4v) is 8.19. The average molecular weight is 441 g/mol. The van der Waals surface area contributed by atoms with Gasteiger partial charge in [0.15, 0.2) is 5.78 Å². The van der Waals surface area contributed by atoms with Crippen LogP contribution < -0.4 is 0 Å². The molecule has 30 heavy (non-hydrogen) atoms. The highest BCUT2D eigenvalue weighted by Crippen LogP contribution is 2.67. The Morgan fingerprint density at radius 2 is 1.80 bits per heavy atom. The minimum Gasteiger partial charge on any atom is -0.400 e. The summed E-state index contributed by atoms with van der Waals surface area (Å²) >= 11 is 1.79. The van der Waals surface area contributed by atoms with Crippen molar-refractivity contribution in [3.8, 4) is 0 Å². The number of hydrogen-bond acceptors (Lipinski definition) is 6. The largest absolute Gasteiger partial charge is 0.400 e. The molecule has 0 aromatic carbocycles. The maximum atomic E-state index is 13.1. The molecule has 6 unspecified atom stereocenters. The van der Waals surface area contributed by atoms with Crippen molar-refractivity contribution in [1.29, 1.82) is 0 Å². The third-order valence-corrected chi connectivity index (χ3v) is 10.0. The molecule has 0 spiro atoms. The van der Waals surface area contributed by atoms with Gasteiger partial charge >= 0.3 is 0 Å². The van der Waals surface area contributed by atoms with Crippen molar-refractivity contribution in [2.45, 2.75) is 76.9 Å². The van der Waals surface area contributed by atoms with Crippen molar-refractivity contribution in [3.05, 3.63) is 11.6 Å². The van der Waals surface area contributed by atoms with Gasteiger partial charge in [-0.25, -0.2) is 0 Å². The molecule has 0 bridgehead atoms. The Bertz CT molecular complexity index is 666. The van der Waals surface area contributed by atoms with Gasteiger partial charge in [-0.15, -0.1) is 0 Å². The van der Waals surface area contributed by atoms with Crippen LogP contribution in [0.1, 0.15) is 65.2 Å². The van der Waals surface area contributed by atoms with Crippen molar-refractivity contribution in [3.63, 3.8) is 0 Å². The van der Waals surface area contributed by atoms with Gasteiger partial charge in [-0.1, -0.05) is 13.8 Å². The first-order chi connectivity index (χ1) is 14.3. The highest BCUT2D eigenvalue weighted by atomic mass is 32.2. The first kappa shape index (κ1) is 24.2. The predicted molar refractivity (Wildman–Crippen MR) is 120 cm³/mol. The summed E-state index contributed by atoms with van der Waals surface area (Å²) in [5.41, 5.74) is -0.282. The molecule has 0 aromatic heterocycles. The number of aliphatic hydroxyl groups is 4. The van der Waals surface area contributed by atoms with Gasteiger partial charge in [-0.3, -0.25) is 4.79 Å². The Morgan fingerprint density at radius 1 is 1.07 bits per heavy atom. The van der Waals surface area contributed by atoms with Crippen molar-refractivity contribution in [2.24, 2.45) is 28.6 Å². The number of allylic oxidation sites excluding steroid dienone is 1. The number of aliphatic hydroxyl groups excluding tert-OH is 3. The van der Waals surface area contributed by atoms with E-state index in [9.17, 15) is 15.0 Å². The van der Waals surface area contributed by atoms with Gasteiger partial charge in [0.05, 0.1) is 18.3 Å². The van der Waals surface area contributed by atoms with Crippen LogP contribution in [0.5, 0.6) is 0 Å². The Labute approximate surface area is 185 Å². The SMILES string of the molecule is CC12CC(O)CCC1C(=O)C=C1C2CCC2(C)C(CCSCCO)CC[C@@]12O.CO. The zero-order valence-corrected chi connectivity index (χ0v) is 19.6. The van der Waals surface area contributed by atoms with Gasteiger partial charge in [-0.05, 0) is 86.0 Å². The summed E-state index contributed by atoms with van der Waals surface area (Å²) in [5, 5.41) is 38.4. The third-order valence-electron chi connectivity index (χ3n) is 9.05. The lowest BCUT2D eigenvalue weighted by atomic mass is 9.46. The van der Waals surface area contributed by atoms with E-state index in [1.54, 1.807) is 11.8 Å². The van der Waals surface area contributed by atoms with Crippen molar-refractivity contribution in [2.75, 3.05) is 25.2 Å². The number of ketones is 1. The molecule has 4 N–H and O–H groups in total. The van der Waals surface area contributed by atoms with Gasteiger partial charge in [-0.2, -0.15) is 11.8 Å². The Balaban J connectivity index is 0.00000124. The highest BCUT2D eigenvalue weighted by molar-refractivity contribution is 7.99. The molecule has 6 heteroatoms. The zero-order chi connectivity index (χ0) is 22.2. The van der Waals surface area contributed by atoms with E-state index in [4.69, 9.17) is 10.2 Å². The molecule has 0 aliphatic heterocycles. The first-order valence-electron chi connectivity index (χ1n) is 11.6. The minimum atomic E-state index is -0.881. The van der Waals surface area contributed by atoms with E-state index >= 15 is 0 Å². The van der Waals surface area contributed by atoms with Gasteiger partial charge in [0.2, 0.25) is 0 Å². The van der Waals surface area contributed by atoms with Crippen LogP contribution in [0.4, 0.5) is 0 Å². The molecule has 0 saturated heterocycles. The summed E-state index contributed by atoms with van der Waals surface area (Å²) < 4.78 is 0. The molecule has 4 aliphatic carbocycles. The van der Waals surface area contributed by atoms with E-state index in [1.165, 1.54) is 0 Å². The third kappa shape index (κ3) is 3.71. The summed E-state index contributed by atoms with van der Waals surface area (Å²) in [7, 11) is 1.00. The maximum absolute atomic E-state index is 13.1. The normalized spacial score (nSPS) is 44.9. The standard InChI is InChI=1S/C23H36O4S.CH4O/c1-21-14-16(25)3-4-18(21)20(26)13-19-17(21)6-8-22(2)15(5-9-23(19,22)27)7-11-28-12-10-24;1-2/h13,15-18,24-25,27H,3-12,14H2,1-2H3;2H,1H3/t15?,16?,17?,18?,21?,22?,23-;/m1./s1. The van der Waals surface area contributed by atoms with Crippen LogP contribution >= 0.6 is 11.8 Å². The maximum Gasteiger partial charge on any atom is 0.159 e. The molecule has 4 aliphatic rings. The molecule has 0 amide bonds. The number of fused-ring (bicyclic) bond motifs is 5. The molecule has 3 fully saturated rings. The molecular weight excluding hydrogens is 400 g/mol. The van der Waals surface area contributed by atoms with Crippen LogP contribution in [0, 0.1) is 28.6 Å². The van der Waals surface area contributed by atoms with E-state index in [0.717, 1.165) is 69.1 Å². The van der Waals surface area contributed by atoms with E-state index < -0.39 is 5.60 Å². The van der Waals surface area contributed by atoms with Crippen LogP contribution in [0.3, 0.4) is 0 Å². The number of carbonyl (C=O) groups is 1. The average Bonchev–Trinajstić information content (AvgIpc) is 2.98. The van der Waals surface area contributed by atoms with Gasteiger partial charge in [0.25, 0.3) is 0 Å². The molecule has 172 valence electrons. The molecular formula is C24H40O5S. The molecule has 3 saturated carbocycles. The molecule has 0 radical (unpaired) electrons. The van der Waals surface area contributed by atoms with Crippen molar-refractivity contribution < 1.29 is 25.2 Å². The van der Waals surface area contributed by atoms with Crippen LogP contribution in [0.25, 0.3) is 0 Å². The van der Waals surface area contributed by atoms with Gasteiger partial charge < -0.3 is 20.4 Å². The van der Waals surface area contributed by atoms with E-state index in [1.807, 2.05) is 6.08 Å². The lowest BCUT2D eigenvalue weighted by Gasteiger charge is -2.59. The number of rotatable bonds is 5. The summed E-state index contributed by atoms with van der Waals surface area (Å²) in [5.74, 6) is 2.65. The molecule has 0 aromatic rings. The lowest BCUT2D eigenvalue weighted by Crippen LogP contribution is -2.59. The zero-order valence-electron chi connectivity index (χ0n) is 18.8. The monoisotopic (exact) mass is 440 g/mol. The van der Waals surface area contributed by atoms with Gasteiger partial charge in [0, 0.05) is 24.2 Å². The van der Waals surface area contributed by atoms with Crippen LogP contribution in [0.2, 0.25) is 0 Å². The van der Waals surface area contributed by atoms with Crippen LogP contribution in [-0.2, 0) is 4.79 Å². The second-order valence-corrected chi connectivity index (χ2v) is 11.4. The summed E-state index contributed by atoms with van der Waals surface area (Å²) in [4.78, 5) is 13.1. The quantitative estimate of drug-likeness (QED) is 0.491. The lowest BCUT2D eigenvalue weighted by molar-refractivity contribution is -0.140. The molecule has 4 rings (SSSR count).